The van der Waals surface area contributed by atoms with Gasteiger partial charge < -0.3 is 10.2 Å². The highest BCUT2D eigenvalue weighted by atomic mass is 16.1. The molecule has 0 saturated carbocycles. The van der Waals surface area contributed by atoms with E-state index in [1.54, 1.807) is 11.1 Å². The minimum absolute atomic E-state index is 0.0254. The number of nitrogens with one attached hydrogen (secondary N) is 1. The molecule has 1 N–H and O–H groups in total. The molecule has 1 saturated heterocycles. The van der Waals surface area contributed by atoms with Gasteiger partial charge in [-0.05, 0) is 18.6 Å². The maximum absolute atomic E-state index is 10.8. The Morgan fingerprint density at radius 2 is 2.53 bits per heavy atom. The molecular weight excluding hydrogens is 190 g/mol. The van der Waals surface area contributed by atoms with E-state index in [2.05, 4.69) is 10.3 Å². The van der Waals surface area contributed by atoms with Gasteiger partial charge in [0, 0.05) is 25.8 Å². The third-order valence-corrected chi connectivity index (χ3v) is 2.73. The quantitative estimate of drug-likeness (QED) is 0.758. The molecule has 2 rings (SSSR count). The zero-order chi connectivity index (χ0) is 10.7. The van der Waals surface area contributed by atoms with Gasteiger partial charge in [0.25, 0.3) is 0 Å². The molecule has 0 aliphatic carbocycles. The van der Waals surface area contributed by atoms with Crippen molar-refractivity contribution in [2.75, 3.05) is 19.6 Å². The fraction of sp³-hybridized carbons (Fsp3) is 0.455. The lowest BCUT2D eigenvalue weighted by Crippen LogP contribution is -2.45. The van der Waals surface area contributed by atoms with Gasteiger partial charge in [-0.2, -0.15) is 0 Å². The first kappa shape index (κ1) is 10.1. The summed E-state index contributed by atoms with van der Waals surface area (Å²) in [7, 11) is 0. The maximum atomic E-state index is 10.8. The van der Waals surface area contributed by atoms with Crippen LogP contribution in [0.2, 0.25) is 0 Å². The number of hydrogen-bond acceptors (Lipinski definition) is 3. The molecule has 1 unspecified atom stereocenters. The fourth-order valence-electron chi connectivity index (χ4n) is 1.90. The molecule has 1 atom stereocenters. The summed E-state index contributed by atoms with van der Waals surface area (Å²) in [6.45, 7) is 4.30. The normalized spacial score (nSPS) is 21.4. The van der Waals surface area contributed by atoms with E-state index in [-0.39, 0.29) is 6.04 Å². The average Bonchev–Trinajstić information content (AvgIpc) is 2.30. The molecule has 79 valence electrons. The van der Waals surface area contributed by atoms with Crippen LogP contribution in [0.15, 0.2) is 18.3 Å². The Bertz CT molecular complexity index is 353. The lowest BCUT2D eigenvalue weighted by atomic mass is 10.1. The highest BCUT2D eigenvalue weighted by molar-refractivity contribution is 5.50. The molecule has 1 fully saturated rings. The van der Waals surface area contributed by atoms with Crippen molar-refractivity contribution in [3.8, 4) is 0 Å². The van der Waals surface area contributed by atoms with Gasteiger partial charge in [-0.25, -0.2) is 0 Å². The third kappa shape index (κ3) is 1.99. The summed E-state index contributed by atoms with van der Waals surface area (Å²) in [6, 6.07) is 3.95. The summed E-state index contributed by atoms with van der Waals surface area (Å²) in [5.41, 5.74) is 2.08. The second kappa shape index (κ2) is 4.40. The number of nitrogens with zero attached hydrogens (tertiary/aromatic N) is 2. The summed E-state index contributed by atoms with van der Waals surface area (Å²) in [6.07, 6.45) is 3.75. The predicted octanol–water partition coefficient (Wildman–Crippen LogP) is 0.404. The summed E-state index contributed by atoms with van der Waals surface area (Å²) in [5.74, 6) is 0. The van der Waals surface area contributed by atoms with Crippen molar-refractivity contribution in [3.63, 3.8) is 0 Å². The monoisotopic (exact) mass is 204 g/mol. The average molecular weight is 204 g/mol. The van der Waals surface area contributed by atoms with Crippen LogP contribution in [0.5, 0.6) is 0 Å². The van der Waals surface area contributed by atoms with Gasteiger partial charge in [0.15, 0.2) is 0 Å². The van der Waals surface area contributed by atoms with Crippen LogP contribution in [0.25, 0.3) is 0 Å². The van der Waals surface area contributed by atoms with Crippen LogP contribution < -0.4 is 5.32 Å². The molecule has 1 aromatic rings. The van der Waals surface area contributed by atoms with Crippen molar-refractivity contribution in [2.24, 2.45) is 0 Å². The van der Waals surface area contributed by atoms with Gasteiger partial charge in [0.2, 0.25) is 0 Å². The Hall–Kier alpha value is -1.42. The van der Waals surface area contributed by atoms with E-state index in [9.17, 15) is 4.79 Å². The number of amides is 1. The fourth-order valence-corrected chi connectivity index (χ4v) is 1.90. The zero-order valence-corrected chi connectivity index (χ0v) is 8.73. The van der Waals surface area contributed by atoms with Gasteiger partial charge in [-0.15, -0.1) is 0 Å². The van der Waals surface area contributed by atoms with Gasteiger partial charge in [0.1, 0.15) is 0 Å². The summed E-state index contributed by atoms with van der Waals surface area (Å²) >= 11 is 0. The van der Waals surface area contributed by atoms with Crippen molar-refractivity contribution < 1.29 is 4.79 Å². The van der Waals surface area contributed by atoms with Gasteiger partial charge in [-0.3, -0.25) is 9.78 Å². The molecular formula is C11H14N3O. The number of carbonyl (C=O) groups excluding carboxylic acids is 1. The highest BCUT2D eigenvalue weighted by Crippen LogP contribution is 2.21. The Balaban J connectivity index is 2.28. The first-order valence-electron chi connectivity index (χ1n) is 5.09. The Morgan fingerprint density at radius 1 is 1.67 bits per heavy atom. The molecule has 4 nitrogen and oxygen atoms in total. The molecule has 15 heavy (non-hydrogen) atoms. The standard InChI is InChI=1S/C11H14N3O/c1-9-3-2-4-13-11(9)10-7-12-5-6-14(10)8-15/h2-4,10,12H,5-7H2,1H3. The molecule has 2 heterocycles. The number of hydrogen-bond donors (Lipinski definition) is 1. The van der Waals surface area contributed by atoms with Gasteiger partial charge in [-0.1, -0.05) is 6.07 Å². The lowest BCUT2D eigenvalue weighted by Gasteiger charge is -2.32. The third-order valence-electron chi connectivity index (χ3n) is 2.73. The van der Waals surface area contributed by atoms with E-state index in [1.165, 1.54) is 0 Å². The molecule has 0 bridgehead atoms. The van der Waals surface area contributed by atoms with Crippen molar-refractivity contribution in [1.82, 2.24) is 15.2 Å². The van der Waals surface area contributed by atoms with Crippen LogP contribution in [0.1, 0.15) is 17.3 Å². The molecule has 0 spiro atoms. The lowest BCUT2D eigenvalue weighted by molar-refractivity contribution is 0.244. The Kier molecular flexibility index (Phi) is 2.97. The van der Waals surface area contributed by atoms with Crippen LogP contribution in [-0.2, 0) is 4.79 Å². The van der Waals surface area contributed by atoms with Crippen molar-refractivity contribution in [2.45, 2.75) is 13.0 Å². The minimum atomic E-state index is 0.0254. The topological polar surface area (TPSA) is 45.2 Å². The number of aromatic nitrogens is 1. The number of pyridine rings is 1. The minimum Gasteiger partial charge on any atom is -0.323 e. The SMILES string of the molecule is Cc1cccnc1C1CNCCN1[C]=O. The Labute approximate surface area is 89.3 Å². The van der Waals surface area contributed by atoms with Crippen molar-refractivity contribution in [3.05, 3.63) is 29.6 Å². The smallest absolute Gasteiger partial charge is 0.312 e. The van der Waals surface area contributed by atoms with Crippen LogP contribution in [0.3, 0.4) is 0 Å². The van der Waals surface area contributed by atoms with Crippen LogP contribution in [0.4, 0.5) is 0 Å². The van der Waals surface area contributed by atoms with Crippen LogP contribution in [-0.4, -0.2) is 35.9 Å². The largest absolute Gasteiger partial charge is 0.323 e. The van der Waals surface area contributed by atoms with Gasteiger partial charge >= 0.3 is 6.41 Å². The molecule has 1 radical (unpaired) electrons. The van der Waals surface area contributed by atoms with E-state index in [4.69, 9.17) is 0 Å². The first-order chi connectivity index (χ1) is 7.33. The second-order valence-corrected chi connectivity index (χ2v) is 3.71. The Morgan fingerprint density at radius 3 is 3.27 bits per heavy atom. The first-order valence-corrected chi connectivity index (χ1v) is 5.09. The van der Waals surface area contributed by atoms with Crippen molar-refractivity contribution in [1.29, 1.82) is 0 Å². The van der Waals surface area contributed by atoms with E-state index >= 15 is 0 Å². The summed E-state index contributed by atoms with van der Waals surface area (Å²) in [4.78, 5) is 16.8. The van der Waals surface area contributed by atoms with E-state index < -0.39 is 0 Å². The van der Waals surface area contributed by atoms with Crippen LogP contribution >= 0.6 is 0 Å². The summed E-state index contributed by atoms with van der Waals surface area (Å²) in [5, 5.41) is 3.26. The van der Waals surface area contributed by atoms with Crippen LogP contribution in [0, 0.1) is 6.92 Å². The zero-order valence-electron chi connectivity index (χ0n) is 8.73. The van der Waals surface area contributed by atoms with E-state index in [0.29, 0.717) is 6.54 Å². The molecule has 4 heteroatoms. The predicted molar refractivity (Wildman–Crippen MR) is 57.0 cm³/mol. The second-order valence-electron chi connectivity index (χ2n) is 3.71. The van der Waals surface area contributed by atoms with Gasteiger partial charge in [0.05, 0.1) is 11.7 Å². The molecule has 0 aromatic carbocycles. The number of aryl methyl sites for hydroxylation is 1. The molecule has 1 aliphatic rings. The van der Waals surface area contributed by atoms with E-state index in [1.807, 2.05) is 25.5 Å². The maximum Gasteiger partial charge on any atom is 0.312 e. The summed E-state index contributed by atoms with van der Waals surface area (Å²) < 4.78 is 0. The molecule has 1 aliphatic heterocycles. The molecule has 1 amide bonds. The molecule has 1 aromatic heterocycles. The van der Waals surface area contributed by atoms with Crippen molar-refractivity contribution >= 4 is 6.41 Å². The highest BCUT2D eigenvalue weighted by Gasteiger charge is 2.25. The number of piperazine rings is 1. The number of rotatable bonds is 2. The van der Waals surface area contributed by atoms with E-state index in [0.717, 1.165) is 24.3 Å².